The Balaban J connectivity index is 2.06. The van der Waals surface area contributed by atoms with Gasteiger partial charge in [-0.2, -0.15) is 5.10 Å². The van der Waals surface area contributed by atoms with Gasteiger partial charge in [-0.25, -0.2) is 0 Å². The maximum Gasteiger partial charge on any atom is 0.271 e. The topological polar surface area (TPSA) is 87.8 Å². The van der Waals surface area contributed by atoms with Gasteiger partial charge >= 0.3 is 0 Å². The number of non-ortho nitro benzene ring substituents is 1. The molecule has 0 fully saturated rings. The summed E-state index contributed by atoms with van der Waals surface area (Å²) in [6, 6.07) is 12.6. The first-order valence-electron chi connectivity index (χ1n) is 5.48. The Morgan fingerprint density at radius 2 is 2.00 bits per heavy atom. The minimum absolute atomic E-state index is 0.00226. The number of benzene rings is 2. The Morgan fingerprint density at radius 3 is 2.74 bits per heavy atom. The Bertz CT molecular complexity index is 626. The molecule has 0 amide bonds. The molecule has 6 heteroatoms. The molecule has 0 aliphatic rings. The van der Waals surface area contributed by atoms with Crippen LogP contribution in [0.3, 0.4) is 0 Å². The van der Waals surface area contributed by atoms with E-state index in [1.807, 2.05) is 0 Å². The standard InChI is InChI=1S/C13H11N3O3/c17-13-6-1-3-10(7-13)9-14-15-11-4-2-5-12(8-11)16(18)19/h1-9,15,17H/b14-9+. The Kier molecular flexibility index (Phi) is 3.72. The van der Waals surface area contributed by atoms with Crippen molar-refractivity contribution in [3.63, 3.8) is 0 Å². The first-order valence-corrected chi connectivity index (χ1v) is 5.48. The summed E-state index contributed by atoms with van der Waals surface area (Å²) >= 11 is 0. The van der Waals surface area contributed by atoms with E-state index in [1.54, 1.807) is 36.4 Å². The molecule has 6 nitrogen and oxygen atoms in total. The number of phenols is 1. The first kappa shape index (κ1) is 12.6. The van der Waals surface area contributed by atoms with Crippen LogP contribution in [0.5, 0.6) is 5.75 Å². The van der Waals surface area contributed by atoms with E-state index in [2.05, 4.69) is 10.5 Å². The first-order chi connectivity index (χ1) is 9.15. The van der Waals surface area contributed by atoms with Crippen molar-refractivity contribution < 1.29 is 10.0 Å². The number of nitro benzene ring substituents is 1. The zero-order valence-electron chi connectivity index (χ0n) is 9.85. The minimum atomic E-state index is -0.468. The van der Waals surface area contributed by atoms with E-state index in [1.165, 1.54) is 18.3 Å². The molecule has 19 heavy (non-hydrogen) atoms. The predicted molar refractivity (Wildman–Crippen MR) is 72.4 cm³/mol. The van der Waals surface area contributed by atoms with E-state index in [9.17, 15) is 15.2 Å². The SMILES string of the molecule is O=[N+]([O-])c1cccc(N/N=C/c2cccc(O)c2)c1. The second-order valence-corrected chi connectivity index (χ2v) is 3.77. The van der Waals surface area contributed by atoms with Crippen molar-refractivity contribution in [2.75, 3.05) is 5.43 Å². The van der Waals surface area contributed by atoms with E-state index >= 15 is 0 Å². The summed E-state index contributed by atoms with van der Waals surface area (Å²) in [4.78, 5) is 10.1. The number of nitrogens with zero attached hydrogens (tertiary/aromatic N) is 2. The summed E-state index contributed by atoms with van der Waals surface area (Å²) in [5.74, 6) is 0.152. The Morgan fingerprint density at radius 1 is 1.21 bits per heavy atom. The third-order valence-corrected chi connectivity index (χ3v) is 2.33. The average Bonchev–Trinajstić information content (AvgIpc) is 2.39. The summed E-state index contributed by atoms with van der Waals surface area (Å²) in [5.41, 5.74) is 3.93. The van der Waals surface area contributed by atoms with Crippen LogP contribution in [0.1, 0.15) is 5.56 Å². The molecular weight excluding hydrogens is 246 g/mol. The highest BCUT2D eigenvalue weighted by molar-refractivity contribution is 5.80. The summed E-state index contributed by atoms with van der Waals surface area (Å²) in [7, 11) is 0. The molecule has 2 aromatic carbocycles. The summed E-state index contributed by atoms with van der Waals surface area (Å²) in [5, 5.41) is 23.8. The molecule has 2 aromatic rings. The number of rotatable bonds is 4. The molecule has 0 unspecified atom stereocenters. The van der Waals surface area contributed by atoms with E-state index < -0.39 is 4.92 Å². The lowest BCUT2D eigenvalue weighted by atomic mass is 10.2. The van der Waals surface area contributed by atoms with Crippen LogP contribution >= 0.6 is 0 Å². The molecule has 2 rings (SSSR count). The monoisotopic (exact) mass is 257 g/mol. The second kappa shape index (κ2) is 5.63. The lowest BCUT2D eigenvalue weighted by Gasteiger charge is -1.99. The molecule has 0 saturated carbocycles. The van der Waals surface area contributed by atoms with Gasteiger partial charge in [0.15, 0.2) is 0 Å². The fourth-order valence-corrected chi connectivity index (χ4v) is 1.48. The number of nitro groups is 1. The van der Waals surface area contributed by atoms with Gasteiger partial charge in [-0.3, -0.25) is 15.5 Å². The third-order valence-electron chi connectivity index (χ3n) is 2.33. The molecule has 0 aliphatic carbocycles. The van der Waals surface area contributed by atoms with Gasteiger partial charge in [0.1, 0.15) is 5.75 Å². The fraction of sp³-hybridized carbons (Fsp3) is 0. The van der Waals surface area contributed by atoms with Crippen molar-refractivity contribution >= 4 is 17.6 Å². The molecular formula is C13H11N3O3. The highest BCUT2D eigenvalue weighted by Crippen LogP contribution is 2.17. The number of anilines is 1. The predicted octanol–water partition coefficient (Wildman–Crippen LogP) is 2.75. The summed E-state index contributed by atoms with van der Waals surface area (Å²) in [6.45, 7) is 0. The largest absolute Gasteiger partial charge is 0.508 e. The zero-order chi connectivity index (χ0) is 13.7. The lowest BCUT2D eigenvalue weighted by Crippen LogP contribution is -1.92. The molecule has 0 saturated heterocycles. The van der Waals surface area contributed by atoms with Crippen LogP contribution in [-0.4, -0.2) is 16.2 Å². The van der Waals surface area contributed by atoms with Crippen molar-refractivity contribution in [3.8, 4) is 5.75 Å². The van der Waals surface area contributed by atoms with Crippen LogP contribution in [0, 0.1) is 10.1 Å². The molecule has 2 N–H and O–H groups in total. The highest BCUT2D eigenvalue weighted by atomic mass is 16.6. The van der Waals surface area contributed by atoms with Crippen LogP contribution in [0.4, 0.5) is 11.4 Å². The molecule has 0 heterocycles. The molecule has 0 radical (unpaired) electrons. The van der Waals surface area contributed by atoms with E-state index in [0.29, 0.717) is 5.69 Å². The van der Waals surface area contributed by atoms with Gasteiger partial charge in [-0.05, 0) is 23.8 Å². The van der Waals surface area contributed by atoms with Crippen molar-refractivity contribution in [2.45, 2.75) is 0 Å². The third kappa shape index (κ3) is 3.53. The Labute approximate surface area is 109 Å². The van der Waals surface area contributed by atoms with Gasteiger partial charge in [-0.1, -0.05) is 18.2 Å². The zero-order valence-corrected chi connectivity index (χ0v) is 9.85. The van der Waals surface area contributed by atoms with Gasteiger partial charge in [0.05, 0.1) is 16.8 Å². The smallest absolute Gasteiger partial charge is 0.271 e. The van der Waals surface area contributed by atoms with Gasteiger partial charge < -0.3 is 5.11 Å². The molecule has 96 valence electrons. The van der Waals surface area contributed by atoms with Crippen LogP contribution in [0.25, 0.3) is 0 Å². The summed E-state index contributed by atoms with van der Waals surface area (Å²) in [6.07, 6.45) is 1.51. The molecule has 0 atom stereocenters. The van der Waals surface area contributed by atoms with Gasteiger partial charge in [0.2, 0.25) is 0 Å². The van der Waals surface area contributed by atoms with Crippen molar-refractivity contribution in [2.24, 2.45) is 5.10 Å². The van der Waals surface area contributed by atoms with Crippen LogP contribution in [-0.2, 0) is 0 Å². The van der Waals surface area contributed by atoms with E-state index in [0.717, 1.165) is 5.56 Å². The number of hydrazone groups is 1. The van der Waals surface area contributed by atoms with E-state index in [4.69, 9.17) is 0 Å². The molecule has 0 bridgehead atoms. The number of hydrogen-bond acceptors (Lipinski definition) is 5. The number of hydrogen-bond donors (Lipinski definition) is 2. The van der Waals surface area contributed by atoms with Crippen LogP contribution in [0.15, 0.2) is 53.6 Å². The molecule has 0 spiro atoms. The average molecular weight is 257 g/mol. The maximum absolute atomic E-state index is 10.6. The quantitative estimate of drug-likeness (QED) is 0.500. The molecule has 0 aromatic heterocycles. The van der Waals surface area contributed by atoms with Crippen molar-refractivity contribution in [1.29, 1.82) is 0 Å². The Hall–Kier alpha value is -2.89. The van der Waals surface area contributed by atoms with Gasteiger partial charge in [0, 0.05) is 12.1 Å². The lowest BCUT2D eigenvalue weighted by molar-refractivity contribution is -0.384. The second-order valence-electron chi connectivity index (χ2n) is 3.77. The van der Waals surface area contributed by atoms with Gasteiger partial charge in [0.25, 0.3) is 5.69 Å². The van der Waals surface area contributed by atoms with Crippen molar-refractivity contribution in [1.82, 2.24) is 0 Å². The van der Waals surface area contributed by atoms with E-state index in [-0.39, 0.29) is 11.4 Å². The van der Waals surface area contributed by atoms with Crippen LogP contribution < -0.4 is 5.43 Å². The van der Waals surface area contributed by atoms with Crippen molar-refractivity contribution in [3.05, 3.63) is 64.2 Å². The highest BCUT2D eigenvalue weighted by Gasteiger charge is 2.04. The number of aromatic hydroxyl groups is 1. The summed E-state index contributed by atoms with van der Waals surface area (Å²) < 4.78 is 0. The fourth-order valence-electron chi connectivity index (χ4n) is 1.48. The maximum atomic E-state index is 10.6. The van der Waals surface area contributed by atoms with Crippen LogP contribution in [0.2, 0.25) is 0 Å². The number of phenolic OH excluding ortho intramolecular Hbond substituents is 1. The molecule has 0 aliphatic heterocycles. The normalized spacial score (nSPS) is 10.5. The van der Waals surface area contributed by atoms with Gasteiger partial charge in [-0.15, -0.1) is 0 Å². The minimum Gasteiger partial charge on any atom is -0.508 e. The number of nitrogens with one attached hydrogen (secondary N) is 1.